The molecule has 5 heteroatoms. The summed E-state index contributed by atoms with van der Waals surface area (Å²) in [7, 11) is 1.75. The molecular weight excluding hydrogens is 348 g/mol. The summed E-state index contributed by atoms with van der Waals surface area (Å²) in [4.78, 5) is 13.1. The largest absolute Gasteiger partial charge is 0.495 e. The number of anilines is 1. The molecule has 1 aliphatic rings. The van der Waals surface area contributed by atoms with Gasteiger partial charge in [-0.25, -0.2) is 4.98 Å². The topological polar surface area (TPSA) is 44.4 Å². The summed E-state index contributed by atoms with van der Waals surface area (Å²) in [6.45, 7) is 5.59. The minimum Gasteiger partial charge on any atom is -0.495 e. The lowest BCUT2D eigenvalue weighted by Gasteiger charge is -2.36. The molecule has 1 N–H and O–H groups in total. The van der Waals surface area contributed by atoms with Gasteiger partial charge in [-0.1, -0.05) is 30.7 Å². The van der Waals surface area contributed by atoms with Gasteiger partial charge < -0.3 is 14.6 Å². The first-order chi connectivity index (χ1) is 13.8. The van der Waals surface area contributed by atoms with Crippen LogP contribution in [0.3, 0.4) is 0 Å². The quantitative estimate of drug-likeness (QED) is 0.599. The van der Waals surface area contributed by atoms with E-state index < -0.39 is 0 Å². The average molecular weight is 379 g/mol. The number of piperazine rings is 1. The highest BCUT2D eigenvalue weighted by Crippen LogP contribution is 2.28. The van der Waals surface area contributed by atoms with Crippen molar-refractivity contribution >= 4 is 16.7 Å². The molecule has 148 valence electrons. The third-order valence-corrected chi connectivity index (χ3v) is 5.62. The summed E-state index contributed by atoms with van der Waals surface area (Å²) in [5.41, 5.74) is 3.44. The number of hydrogen-bond acceptors (Lipinski definition) is 4. The van der Waals surface area contributed by atoms with Crippen LogP contribution in [-0.4, -0.2) is 54.7 Å². The number of aromatic nitrogens is 2. The molecule has 2 aromatic carbocycles. The minimum atomic E-state index is 0.974. The zero-order valence-corrected chi connectivity index (χ0v) is 16.7. The number of fused-ring (bicyclic) bond motifs is 1. The number of hydrogen-bond donors (Lipinski definition) is 1. The van der Waals surface area contributed by atoms with Gasteiger partial charge in [-0.2, -0.15) is 0 Å². The molecule has 0 spiro atoms. The smallest absolute Gasteiger partial charge is 0.142 e. The Balaban J connectivity index is 1.16. The summed E-state index contributed by atoms with van der Waals surface area (Å²) < 4.78 is 5.51. The Morgan fingerprint density at radius 2 is 1.71 bits per heavy atom. The molecule has 5 nitrogen and oxygen atoms in total. The number of imidazole rings is 1. The van der Waals surface area contributed by atoms with Crippen LogP contribution < -0.4 is 9.64 Å². The van der Waals surface area contributed by atoms with Gasteiger partial charge in [0.15, 0.2) is 0 Å². The molecule has 1 saturated heterocycles. The van der Waals surface area contributed by atoms with Crippen molar-refractivity contribution in [3.05, 3.63) is 54.4 Å². The molecule has 0 unspecified atom stereocenters. The van der Waals surface area contributed by atoms with E-state index >= 15 is 0 Å². The first kappa shape index (κ1) is 18.8. The molecule has 0 bridgehead atoms. The Morgan fingerprint density at radius 3 is 2.54 bits per heavy atom. The fraction of sp³-hybridized carbons (Fsp3) is 0.435. The summed E-state index contributed by atoms with van der Waals surface area (Å²) in [6, 6.07) is 16.6. The Morgan fingerprint density at radius 1 is 0.929 bits per heavy atom. The lowest BCUT2D eigenvalue weighted by Crippen LogP contribution is -2.46. The van der Waals surface area contributed by atoms with Crippen LogP contribution in [0.1, 0.15) is 25.1 Å². The van der Waals surface area contributed by atoms with Gasteiger partial charge >= 0.3 is 0 Å². The Hall–Kier alpha value is -2.53. The third kappa shape index (κ3) is 4.47. The predicted octanol–water partition coefficient (Wildman–Crippen LogP) is 4.11. The summed E-state index contributed by atoms with van der Waals surface area (Å²) in [6.07, 6.45) is 4.75. The van der Waals surface area contributed by atoms with E-state index in [-0.39, 0.29) is 0 Å². The van der Waals surface area contributed by atoms with E-state index in [1.165, 1.54) is 31.5 Å². The van der Waals surface area contributed by atoms with E-state index in [1.54, 1.807) is 7.11 Å². The molecule has 3 aromatic rings. The number of H-pyrrole nitrogens is 1. The number of benzene rings is 2. The zero-order valence-electron chi connectivity index (χ0n) is 16.7. The Bertz CT molecular complexity index is 850. The highest BCUT2D eigenvalue weighted by Gasteiger charge is 2.19. The normalized spacial score (nSPS) is 15.2. The van der Waals surface area contributed by atoms with E-state index in [9.17, 15) is 0 Å². The molecule has 1 fully saturated rings. The number of para-hydroxylation sites is 4. The molecule has 1 aromatic heterocycles. The maximum atomic E-state index is 5.51. The third-order valence-electron chi connectivity index (χ3n) is 5.62. The Labute approximate surface area is 167 Å². The van der Waals surface area contributed by atoms with Crippen molar-refractivity contribution in [1.82, 2.24) is 14.9 Å². The van der Waals surface area contributed by atoms with E-state index in [0.717, 1.165) is 55.2 Å². The molecule has 2 heterocycles. The second-order valence-corrected chi connectivity index (χ2v) is 7.51. The lowest BCUT2D eigenvalue weighted by atomic mass is 10.1. The highest BCUT2D eigenvalue weighted by atomic mass is 16.5. The minimum absolute atomic E-state index is 0.974. The number of nitrogens with zero attached hydrogens (tertiary/aromatic N) is 3. The molecule has 0 atom stereocenters. The molecule has 0 amide bonds. The fourth-order valence-corrected chi connectivity index (χ4v) is 4.03. The number of unbranched alkanes of at least 4 members (excludes halogenated alkanes) is 2. The molecule has 0 radical (unpaired) electrons. The molecule has 28 heavy (non-hydrogen) atoms. The summed E-state index contributed by atoms with van der Waals surface area (Å²) in [5.74, 6) is 2.09. The van der Waals surface area contributed by atoms with E-state index in [0.29, 0.717) is 0 Å². The van der Waals surface area contributed by atoms with Gasteiger partial charge in [-0.15, -0.1) is 0 Å². The van der Waals surface area contributed by atoms with Gasteiger partial charge in [0.2, 0.25) is 0 Å². The predicted molar refractivity (Wildman–Crippen MR) is 115 cm³/mol. The number of aromatic amines is 1. The van der Waals surface area contributed by atoms with Crippen molar-refractivity contribution in [2.24, 2.45) is 0 Å². The van der Waals surface area contributed by atoms with Gasteiger partial charge in [0.1, 0.15) is 11.6 Å². The van der Waals surface area contributed by atoms with Crippen LogP contribution in [0.2, 0.25) is 0 Å². The number of rotatable bonds is 8. The molecule has 1 aliphatic heterocycles. The average Bonchev–Trinajstić information content (AvgIpc) is 3.17. The standard InChI is InChI=1S/C23H30N4O/c1-28-22-12-7-6-11-21(22)27-17-15-26(16-18-27)14-8-2-3-13-23-24-19-9-4-5-10-20(19)25-23/h4-7,9-12H,2-3,8,13-18H2,1H3,(H,24,25). The van der Waals surface area contributed by atoms with Crippen molar-refractivity contribution in [2.45, 2.75) is 25.7 Å². The molecule has 4 rings (SSSR count). The number of ether oxygens (including phenoxy) is 1. The van der Waals surface area contributed by atoms with Crippen molar-refractivity contribution in [1.29, 1.82) is 0 Å². The fourth-order valence-electron chi connectivity index (χ4n) is 4.03. The second kappa shape index (κ2) is 9.11. The molecular formula is C23H30N4O. The van der Waals surface area contributed by atoms with Crippen molar-refractivity contribution in [2.75, 3.05) is 44.7 Å². The van der Waals surface area contributed by atoms with Crippen molar-refractivity contribution in [3.63, 3.8) is 0 Å². The van der Waals surface area contributed by atoms with Gasteiger partial charge in [-0.05, 0) is 43.7 Å². The summed E-state index contributed by atoms with van der Waals surface area (Å²) >= 11 is 0. The molecule has 0 aliphatic carbocycles. The van der Waals surface area contributed by atoms with Crippen molar-refractivity contribution < 1.29 is 4.74 Å². The van der Waals surface area contributed by atoms with Crippen LogP contribution in [0.4, 0.5) is 5.69 Å². The first-order valence-corrected chi connectivity index (χ1v) is 10.4. The first-order valence-electron chi connectivity index (χ1n) is 10.4. The van der Waals surface area contributed by atoms with Crippen LogP contribution in [0.5, 0.6) is 5.75 Å². The number of methoxy groups -OCH3 is 1. The van der Waals surface area contributed by atoms with E-state index in [4.69, 9.17) is 4.74 Å². The van der Waals surface area contributed by atoms with Crippen molar-refractivity contribution in [3.8, 4) is 5.75 Å². The van der Waals surface area contributed by atoms with Crippen LogP contribution in [-0.2, 0) is 6.42 Å². The van der Waals surface area contributed by atoms with Gasteiger partial charge in [0.25, 0.3) is 0 Å². The highest BCUT2D eigenvalue weighted by molar-refractivity contribution is 5.74. The lowest BCUT2D eigenvalue weighted by molar-refractivity contribution is 0.251. The number of nitrogens with one attached hydrogen (secondary N) is 1. The van der Waals surface area contributed by atoms with Crippen LogP contribution >= 0.6 is 0 Å². The van der Waals surface area contributed by atoms with Gasteiger partial charge in [-0.3, -0.25) is 4.90 Å². The van der Waals surface area contributed by atoms with Gasteiger partial charge in [0, 0.05) is 32.6 Å². The van der Waals surface area contributed by atoms with Crippen LogP contribution in [0, 0.1) is 0 Å². The maximum absolute atomic E-state index is 5.51. The van der Waals surface area contributed by atoms with Gasteiger partial charge in [0.05, 0.1) is 23.8 Å². The van der Waals surface area contributed by atoms with E-state index in [1.807, 2.05) is 18.2 Å². The monoisotopic (exact) mass is 378 g/mol. The van der Waals surface area contributed by atoms with E-state index in [2.05, 4.69) is 50.1 Å². The van der Waals surface area contributed by atoms with Crippen LogP contribution in [0.15, 0.2) is 48.5 Å². The van der Waals surface area contributed by atoms with Crippen LogP contribution in [0.25, 0.3) is 11.0 Å². The SMILES string of the molecule is COc1ccccc1N1CCN(CCCCCc2nc3ccccc3[nH]2)CC1. The maximum Gasteiger partial charge on any atom is 0.142 e. The number of aryl methyl sites for hydroxylation is 1. The Kier molecular flexibility index (Phi) is 6.12. The second-order valence-electron chi connectivity index (χ2n) is 7.51. The summed E-state index contributed by atoms with van der Waals surface area (Å²) in [5, 5.41) is 0. The zero-order chi connectivity index (χ0) is 19.2. The molecule has 0 saturated carbocycles.